The standard InChI is InChI=1S/C4H4N2/c5-4-1-2-6-3-4/h1,5H,3H2. The van der Waals surface area contributed by atoms with E-state index in [0.29, 0.717) is 12.3 Å². The normalized spacial score (nSPS) is 17.0. The number of rotatable bonds is 0. The molecule has 0 radical (unpaired) electrons. The molecule has 0 spiro atoms. The molecule has 0 atom stereocenters. The minimum absolute atomic E-state index is 0.528. The maximum absolute atomic E-state index is 6.84. The van der Waals surface area contributed by atoms with Crippen LogP contribution in [0.4, 0.5) is 0 Å². The van der Waals surface area contributed by atoms with Crippen LogP contribution in [0.15, 0.2) is 11.1 Å². The van der Waals surface area contributed by atoms with Crippen molar-refractivity contribution in [2.45, 2.75) is 0 Å². The molecule has 0 aromatic rings. The van der Waals surface area contributed by atoms with Gasteiger partial charge in [0.15, 0.2) is 0 Å². The smallest absolute Gasteiger partial charge is 0.0905 e. The molecule has 30 valence electrons. The van der Waals surface area contributed by atoms with Gasteiger partial charge in [0.05, 0.1) is 12.3 Å². The fourth-order valence-corrected chi connectivity index (χ4v) is 0.300. The van der Waals surface area contributed by atoms with Crippen molar-refractivity contribution < 1.29 is 0 Å². The van der Waals surface area contributed by atoms with Crippen LogP contribution in [0.25, 0.3) is 0 Å². The van der Waals surface area contributed by atoms with Crippen molar-refractivity contribution in [3.63, 3.8) is 0 Å². The summed E-state index contributed by atoms with van der Waals surface area (Å²) >= 11 is 0. The Morgan fingerprint density at radius 1 is 2.00 bits per heavy atom. The van der Waals surface area contributed by atoms with E-state index in [2.05, 4.69) is 10.9 Å². The van der Waals surface area contributed by atoms with Gasteiger partial charge in [-0.3, -0.25) is 0 Å². The molecule has 0 aliphatic carbocycles. The van der Waals surface area contributed by atoms with Gasteiger partial charge in [-0.15, -0.1) is 0 Å². The highest BCUT2D eigenvalue weighted by Gasteiger charge is 1.89. The van der Waals surface area contributed by atoms with Crippen molar-refractivity contribution in [2.75, 3.05) is 6.54 Å². The van der Waals surface area contributed by atoms with Gasteiger partial charge in [0.25, 0.3) is 0 Å². The quantitative estimate of drug-likeness (QED) is 0.433. The summed E-state index contributed by atoms with van der Waals surface area (Å²) in [5, 5.41) is 6.84. The third-order valence-electron chi connectivity index (χ3n) is 0.579. The van der Waals surface area contributed by atoms with E-state index in [1.54, 1.807) is 6.08 Å². The number of aliphatic imine (C=N–C) groups is 1. The lowest BCUT2D eigenvalue weighted by molar-refractivity contribution is 1.31. The first-order valence-corrected chi connectivity index (χ1v) is 1.72. The second kappa shape index (κ2) is 1.07. The van der Waals surface area contributed by atoms with Crippen LogP contribution in [0, 0.1) is 5.41 Å². The highest BCUT2D eigenvalue weighted by molar-refractivity contribution is 6.03. The topological polar surface area (TPSA) is 36.2 Å². The Morgan fingerprint density at radius 3 is 3.00 bits per heavy atom. The first-order valence-electron chi connectivity index (χ1n) is 1.72. The highest BCUT2D eigenvalue weighted by Crippen LogP contribution is 1.79. The third-order valence-corrected chi connectivity index (χ3v) is 0.579. The second-order valence-electron chi connectivity index (χ2n) is 1.11. The lowest BCUT2D eigenvalue weighted by atomic mass is 10.4. The van der Waals surface area contributed by atoms with Crippen LogP contribution in [0.2, 0.25) is 0 Å². The van der Waals surface area contributed by atoms with E-state index in [-0.39, 0.29) is 0 Å². The maximum Gasteiger partial charge on any atom is 0.0905 e. The van der Waals surface area contributed by atoms with Crippen LogP contribution in [0.5, 0.6) is 0 Å². The van der Waals surface area contributed by atoms with Crippen LogP contribution in [0.3, 0.4) is 0 Å². The summed E-state index contributed by atoms with van der Waals surface area (Å²) in [6.45, 7) is 0.528. The van der Waals surface area contributed by atoms with Crippen molar-refractivity contribution in [2.24, 2.45) is 4.99 Å². The van der Waals surface area contributed by atoms with E-state index in [1.165, 1.54) is 0 Å². The molecular weight excluding hydrogens is 76.1 g/mol. The van der Waals surface area contributed by atoms with Gasteiger partial charge in [0.2, 0.25) is 0 Å². The van der Waals surface area contributed by atoms with E-state index < -0.39 is 0 Å². The molecule has 0 saturated carbocycles. The van der Waals surface area contributed by atoms with E-state index in [9.17, 15) is 0 Å². The molecule has 0 fully saturated rings. The number of nitrogens with one attached hydrogen (secondary N) is 1. The van der Waals surface area contributed by atoms with E-state index in [4.69, 9.17) is 5.41 Å². The zero-order chi connectivity index (χ0) is 4.41. The highest BCUT2D eigenvalue weighted by atomic mass is 14.7. The molecule has 0 bridgehead atoms. The fraction of sp³-hybridized carbons (Fsp3) is 0.250. The molecule has 2 nitrogen and oxygen atoms in total. The van der Waals surface area contributed by atoms with Gasteiger partial charge in [0.1, 0.15) is 0 Å². The monoisotopic (exact) mass is 80.0 g/mol. The van der Waals surface area contributed by atoms with Gasteiger partial charge >= 0.3 is 0 Å². The number of hydrogen-bond donors (Lipinski definition) is 1. The summed E-state index contributed by atoms with van der Waals surface area (Å²) in [6.07, 6.45) is 1.57. The van der Waals surface area contributed by atoms with Crippen LogP contribution >= 0.6 is 0 Å². The zero-order valence-corrected chi connectivity index (χ0v) is 3.23. The summed E-state index contributed by atoms with van der Waals surface area (Å²) in [5.74, 6) is 2.55. The van der Waals surface area contributed by atoms with Crippen molar-refractivity contribution in [1.82, 2.24) is 0 Å². The predicted octanol–water partition coefficient (Wildman–Crippen LogP) is 0.246. The van der Waals surface area contributed by atoms with Crippen molar-refractivity contribution in [1.29, 1.82) is 5.41 Å². The molecule has 0 aromatic heterocycles. The Kier molecular flexibility index (Phi) is 0.592. The predicted molar refractivity (Wildman–Crippen MR) is 24.6 cm³/mol. The first kappa shape index (κ1) is 3.32. The Hall–Kier alpha value is -0.880. The zero-order valence-electron chi connectivity index (χ0n) is 3.23. The van der Waals surface area contributed by atoms with Gasteiger partial charge in [-0.05, 0) is 5.87 Å². The Bertz CT molecular complexity index is 128. The SMILES string of the molecule is N=C1C=C=NC1. The summed E-state index contributed by atoms with van der Waals surface area (Å²) < 4.78 is 0. The summed E-state index contributed by atoms with van der Waals surface area (Å²) in [7, 11) is 0. The Morgan fingerprint density at radius 2 is 2.83 bits per heavy atom. The lowest BCUT2D eigenvalue weighted by Gasteiger charge is -1.73. The Balaban J connectivity index is 2.79. The van der Waals surface area contributed by atoms with Gasteiger partial charge in [-0.1, -0.05) is 0 Å². The van der Waals surface area contributed by atoms with Gasteiger partial charge in [0, 0.05) is 6.08 Å². The maximum atomic E-state index is 6.84. The lowest BCUT2D eigenvalue weighted by Crippen LogP contribution is -1.87. The van der Waals surface area contributed by atoms with Crippen LogP contribution < -0.4 is 0 Å². The molecule has 1 N–H and O–H groups in total. The average molecular weight is 80.1 g/mol. The molecule has 0 aromatic carbocycles. The van der Waals surface area contributed by atoms with Crippen LogP contribution in [0.1, 0.15) is 0 Å². The van der Waals surface area contributed by atoms with Crippen molar-refractivity contribution in [3.05, 3.63) is 6.08 Å². The summed E-state index contributed by atoms with van der Waals surface area (Å²) in [6, 6.07) is 0. The molecule has 1 aliphatic rings. The molecule has 1 rings (SSSR count). The molecule has 0 amide bonds. The van der Waals surface area contributed by atoms with E-state index in [1.807, 2.05) is 0 Å². The van der Waals surface area contributed by atoms with Gasteiger partial charge in [-0.25, -0.2) is 4.99 Å². The molecular formula is C4H4N2. The van der Waals surface area contributed by atoms with Gasteiger partial charge in [-0.2, -0.15) is 0 Å². The number of hydrogen-bond acceptors (Lipinski definition) is 2. The first-order chi connectivity index (χ1) is 2.89. The Labute approximate surface area is 35.7 Å². The van der Waals surface area contributed by atoms with Gasteiger partial charge < -0.3 is 5.41 Å². The summed E-state index contributed by atoms with van der Waals surface area (Å²) in [4.78, 5) is 3.63. The van der Waals surface area contributed by atoms with Crippen LogP contribution in [-0.4, -0.2) is 18.1 Å². The van der Waals surface area contributed by atoms with Crippen molar-refractivity contribution in [3.8, 4) is 0 Å². The summed E-state index contributed by atoms with van der Waals surface area (Å²) in [5.41, 5.74) is 0.551. The van der Waals surface area contributed by atoms with Crippen LogP contribution in [-0.2, 0) is 0 Å². The molecule has 1 aliphatic heterocycles. The largest absolute Gasteiger partial charge is 0.303 e. The molecule has 0 unspecified atom stereocenters. The molecule has 2 heteroatoms. The van der Waals surface area contributed by atoms with E-state index >= 15 is 0 Å². The molecule has 6 heavy (non-hydrogen) atoms. The molecule has 0 saturated heterocycles. The van der Waals surface area contributed by atoms with Crippen molar-refractivity contribution >= 4 is 11.6 Å². The number of nitrogens with zero attached hydrogens (tertiary/aromatic N) is 1. The van der Waals surface area contributed by atoms with E-state index in [0.717, 1.165) is 0 Å². The molecule has 1 heterocycles. The minimum Gasteiger partial charge on any atom is -0.303 e. The average Bonchev–Trinajstić information content (AvgIpc) is 1.86. The second-order valence-corrected chi connectivity index (χ2v) is 1.11. The third kappa shape index (κ3) is 0.374. The minimum atomic E-state index is 0.528. The fourth-order valence-electron chi connectivity index (χ4n) is 0.300.